The molecule has 0 radical (unpaired) electrons. The zero-order chi connectivity index (χ0) is 16.6. The first-order valence-electron chi connectivity index (χ1n) is 7.50. The highest BCUT2D eigenvalue weighted by Crippen LogP contribution is 2.36. The summed E-state index contributed by atoms with van der Waals surface area (Å²) in [5, 5.41) is 3.92. The Kier molecular flexibility index (Phi) is 4.46. The van der Waals surface area contributed by atoms with Crippen molar-refractivity contribution in [1.82, 2.24) is 4.90 Å². The molecule has 2 fully saturated rings. The fourth-order valence-electron chi connectivity index (χ4n) is 3.45. The Morgan fingerprint density at radius 3 is 2.70 bits per heavy atom. The number of nitrogens with zero attached hydrogens (tertiary/aromatic N) is 1. The Labute approximate surface area is 139 Å². The van der Waals surface area contributed by atoms with Gasteiger partial charge in [-0.1, -0.05) is 0 Å². The van der Waals surface area contributed by atoms with Gasteiger partial charge in [-0.3, -0.25) is 9.59 Å². The van der Waals surface area contributed by atoms with Crippen LogP contribution in [-0.2, 0) is 24.2 Å². The molecular formula is C15H19NO5S2. The Morgan fingerprint density at radius 2 is 2.13 bits per heavy atom. The molecule has 1 aromatic heterocycles. The fourth-order valence-corrected chi connectivity index (χ4v) is 5.90. The zero-order valence-corrected chi connectivity index (χ0v) is 14.4. The summed E-state index contributed by atoms with van der Waals surface area (Å²) in [4.78, 5) is 26.3. The lowest BCUT2D eigenvalue weighted by atomic mass is 9.91. The number of sulfone groups is 1. The van der Waals surface area contributed by atoms with Crippen molar-refractivity contribution in [2.75, 3.05) is 31.7 Å². The molecule has 0 saturated carbocycles. The number of amides is 1. The number of thiophene rings is 1. The van der Waals surface area contributed by atoms with Crippen LogP contribution in [0.15, 0.2) is 16.8 Å². The van der Waals surface area contributed by atoms with E-state index in [0.29, 0.717) is 19.5 Å². The highest BCUT2D eigenvalue weighted by atomic mass is 32.2. The molecule has 0 aliphatic carbocycles. The predicted molar refractivity (Wildman–Crippen MR) is 85.9 cm³/mol. The number of methoxy groups -OCH3 is 1. The SMILES string of the molecule is COC(=O)[C@@H]1CN(C(=O)[C@@H]2CCS(=O)(=O)C2)C[C@H]1c1ccsc1. The Bertz CT molecular complexity index is 697. The molecule has 0 bridgehead atoms. The minimum atomic E-state index is -3.10. The second kappa shape index (κ2) is 6.24. The summed E-state index contributed by atoms with van der Waals surface area (Å²) in [6, 6.07) is 1.96. The lowest BCUT2D eigenvalue weighted by Crippen LogP contribution is -2.35. The molecule has 0 spiro atoms. The van der Waals surface area contributed by atoms with E-state index in [0.717, 1.165) is 5.56 Å². The molecule has 2 aliphatic heterocycles. The third-order valence-corrected chi connectivity index (χ3v) is 7.16. The average molecular weight is 357 g/mol. The summed E-state index contributed by atoms with van der Waals surface area (Å²) in [6.45, 7) is 0.731. The van der Waals surface area contributed by atoms with Crippen LogP contribution >= 0.6 is 11.3 Å². The third-order valence-electron chi connectivity index (χ3n) is 4.69. The van der Waals surface area contributed by atoms with E-state index < -0.39 is 21.7 Å². The van der Waals surface area contributed by atoms with Crippen LogP contribution in [0.5, 0.6) is 0 Å². The summed E-state index contributed by atoms with van der Waals surface area (Å²) in [7, 11) is -1.75. The van der Waals surface area contributed by atoms with E-state index >= 15 is 0 Å². The molecule has 6 nitrogen and oxygen atoms in total. The maximum Gasteiger partial charge on any atom is 0.311 e. The molecule has 0 unspecified atom stereocenters. The topological polar surface area (TPSA) is 80.8 Å². The number of ether oxygens (including phenoxy) is 1. The van der Waals surface area contributed by atoms with E-state index in [1.165, 1.54) is 7.11 Å². The van der Waals surface area contributed by atoms with Gasteiger partial charge in [0.15, 0.2) is 9.84 Å². The average Bonchev–Trinajstić information content (AvgIpc) is 3.23. The minimum absolute atomic E-state index is 0.0750. The summed E-state index contributed by atoms with van der Waals surface area (Å²) in [5.41, 5.74) is 1.03. The summed E-state index contributed by atoms with van der Waals surface area (Å²) in [5.74, 6) is -1.43. The van der Waals surface area contributed by atoms with E-state index in [4.69, 9.17) is 4.74 Å². The number of esters is 1. The summed E-state index contributed by atoms with van der Waals surface area (Å²) >= 11 is 1.55. The van der Waals surface area contributed by atoms with E-state index in [-0.39, 0.29) is 29.3 Å². The van der Waals surface area contributed by atoms with Crippen LogP contribution in [0.1, 0.15) is 17.9 Å². The standard InChI is InChI=1S/C15H19NO5S2/c1-21-15(18)13-7-16(6-12(13)10-2-4-22-8-10)14(17)11-3-5-23(19,20)9-11/h2,4,8,11-13H,3,5-7,9H2,1H3/t11-,12+,13-/m1/s1. The van der Waals surface area contributed by atoms with Gasteiger partial charge in [0.05, 0.1) is 30.5 Å². The fraction of sp³-hybridized carbons (Fsp3) is 0.600. The number of likely N-dealkylation sites (tertiary alicyclic amines) is 1. The van der Waals surface area contributed by atoms with Gasteiger partial charge < -0.3 is 9.64 Å². The molecule has 126 valence electrons. The predicted octanol–water partition coefficient (Wildman–Crippen LogP) is 0.898. The number of carbonyl (C=O) groups is 2. The minimum Gasteiger partial charge on any atom is -0.469 e. The van der Waals surface area contributed by atoms with Crippen molar-refractivity contribution in [2.45, 2.75) is 12.3 Å². The van der Waals surface area contributed by atoms with Gasteiger partial charge in [0.25, 0.3) is 0 Å². The molecule has 3 rings (SSSR count). The van der Waals surface area contributed by atoms with Crippen LogP contribution in [0, 0.1) is 11.8 Å². The van der Waals surface area contributed by atoms with Gasteiger partial charge in [-0.25, -0.2) is 8.42 Å². The highest BCUT2D eigenvalue weighted by Gasteiger charge is 2.44. The van der Waals surface area contributed by atoms with E-state index in [1.807, 2.05) is 16.8 Å². The molecule has 1 aromatic rings. The Balaban J connectivity index is 1.77. The van der Waals surface area contributed by atoms with Gasteiger partial charge in [-0.2, -0.15) is 11.3 Å². The maximum absolute atomic E-state index is 12.6. The molecule has 23 heavy (non-hydrogen) atoms. The monoisotopic (exact) mass is 357 g/mol. The molecule has 0 N–H and O–H groups in total. The summed E-state index contributed by atoms with van der Waals surface area (Å²) < 4.78 is 28.1. The molecule has 8 heteroatoms. The van der Waals surface area contributed by atoms with Crippen LogP contribution < -0.4 is 0 Å². The van der Waals surface area contributed by atoms with Gasteiger partial charge in [-0.05, 0) is 28.8 Å². The third kappa shape index (κ3) is 3.28. The smallest absolute Gasteiger partial charge is 0.311 e. The zero-order valence-electron chi connectivity index (χ0n) is 12.8. The summed E-state index contributed by atoms with van der Waals surface area (Å²) in [6.07, 6.45) is 0.379. The molecule has 2 saturated heterocycles. The lowest BCUT2D eigenvalue weighted by molar-refractivity contribution is -0.145. The number of hydrogen-bond acceptors (Lipinski definition) is 6. The van der Waals surface area contributed by atoms with Gasteiger partial charge in [0, 0.05) is 19.0 Å². The molecular weight excluding hydrogens is 338 g/mol. The van der Waals surface area contributed by atoms with Crippen molar-refractivity contribution < 1.29 is 22.7 Å². The second-order valence-electron chi connectivity index (χ2n) is 6.14. The van der Waals surface area contributed by atoms with Crippen molar-refractivity contribution >= 4 is 33.1 Å². The first-order valence-corrected chi connectivity index (χ1v) is 10.3. The molecule has 1 amide bonds. The van der Waals surface area contributed by atoms with Gasteiger partial charge in [0.2, 0.25) is 5.91 Å². The molecule has 2 aliphatic rings. The van der Waals surface area contributed by atoms with Gasteiger partial charge in [-0.15, -0.1) is 0 Å². The highest BCUT2D eigenvalue weighted by molar-refractivity contribution is 7.91. The normalized spacial score (nSPS) is 29.6. The molecule has 3 atom stereocenters. The quantitative estimate of drug-likeness (QED) is 0.751. The first kappa shape index (κ1) is 16.4. The van der Waals surface area contributed by atoms with Crippen LogP contribution in [0.3, 0.4) is 0 Å². The lowest BCUT2D eigenvalue weighted by Gasteiger charge is -2.19. The van der Waals surface area contributed by atoms with Gasteiger partial charge in [0.1, 0.15) is 0 Å². The molecule has 3 heterocycles. The van der Waals surface area contributed by atoms with Crippen molar-refractivity contribution in [2.24, 2.45) is 11.8 Å². The van der Waals surface area contributed by atoms with Crippen LogP contribution in [0.25, 0.3) is 0 Å². The second-order valence-corrected chi connectivity index (χ2v) is 9.14. The van der Waals surface area contributed by atoms with Crippen LogP contribution in [0.4, 0.5) is 0 Å². The van der Waals surface area contributed by atoms with Crippen molar-refractivity contribution in [3.8, 4) is 0 Å². The van der Waals surface area contributed by atoms with E-state index in [9.17, 15) is 18.0 Å². The van der Waals surface area contributed by atoms with Gasteiger partial charge >= 0.3 is 5.97 Å². The Hall–Kier alpha value is -1.41. The molecule has 0 aromatic carbocycles. The largest absolute Gasteiger partial charge is 0.469 e. The van der Waals surface area contributed by atoms with E-state index in [1.54, 1.807) is 16.2 Å². The van der Waals surface area contributed by atoms with Crippen LogP contribution in [0.2, 0.25) is 0 Å². The van der Waals surface area contributed by atoms with E-state index in [2.05, 4.69) is 0 Å². The van der Waals surface area contributed by atoms with Crippen molar-refractivity contribution in [3.63, 3.8) is 0 Å². The van der Waals surface area contributed by atoms with Crippen LogP contribution in [-0.4, -0.2) is 56.9 Å². The first-order chi connectivity index (χ1) is 10.9. The Morgan fingerprint density at radius 1 is 1.35 bits per heavy atom. The maximum atomic E-state index is 12.6. The number of rotatable bonds is 3. The van der Waals surface area contributed by atoms with Crippen molar-refractivity contribution in [3.05, 3.63) is 22.4 Å². The number of hydrogen-bond donors (Lipinski definition) is 0. The number of carbonyl (C=O) groups excluding carboxylic acids is 2. The van der Waals surface area contributed by atoms with Crippen molar-refractivity contribution in [1.29, 1.82) is 0 Å².